The summed E-state index contributed by atoms with van der Waals surface area (Å²) in [5.41, 5.74) is 0.788. The number of ether oxygens (including phenoxy) is 1. The van der Waals surface area contributed by atoms with Crippen molar-refractivity contribution in [2.24, 2.45) is 5.92 Å². The van der Waals surface area contributed by atoms with Crippen LogP contribution in [0.2, 0.25) is 0 Å². The van der Waals surface area contributed by atoms with Gasteiger partial charge in [-0.15, -0.1) is 0 Å². The molecule has 0 aromatic heterocycles. The van der Waals surface area contributed by atoms with Gasteiger partial charge in [0.15, 0.2) is 11.5 Å². The molecule has 2 amide bonds. The number of amides is 2. The summed E-state index contributed by atoms with van der Waals surface area (Å²) in [5.74, 6) is -0.596. The molecule has 0 aliphatic carbocycles. The molecule has 2 rings (SSSR count). The second-order valence-electron chi connectivity index (χ2n) is 4.23. The largest absolute Gasteiger partial charge is 0.503 e. The highest BCUT2D eigenvalue weighted by molar-refractivity contribution is 9.13. The minimum atomic E-state index is -0.384. The molecule has 1 aromatic carbocycles. The number of imide groups is 1. The van der Waals surface area contributed by atoms with E-state index in [2.05, 4.69) is 37.2 Å². The van der Waals surface area contributed by atoms with Crippen LogP contribution >= 0.6 is 31.9 Å². The Morgan fingerprint density at radius 3 is 2.63 bits per heavy atom. The Balaban J connectivity index is 2.33. The number of phenolic OH excluding ortho intramolecular Hbond substituents is 1. The Labute approximate surface area is 126 Å². The average molecular weight is 393 g/mol. The third kappa shape index (κ3) is 2.76. The van der Waals surface area contributed by atoms with E-state index in [4.69, 9.17) is 4.74 Å². The number of hydrogen-bond acceptors (Lipinski definition) is 4. The molecule has 1 heterocycles. The molecular formula is C12H11Br2NO4. The Bertz CT molecular complexity index is 559. The predicted molar refractivity (Wildman–Crippen MR) is 75.0 cm³/mol. The van der Waals surface area contributed by atoms with Crippen LogP contribution < -0.4 is 10.1 Å². The molecule has 7 heteroatoms. The number of carbonyl (C=O) groups is 2. The zero-order valence-electron chi connectivity index (χ0n) is 10.00. The van der Waals surface area contributed by atoms with E-state index in [1.807, 2.05) is 0 Å². The van der Waals surface area contributed by atoms with Crippen LogP contribution in [-0.4, -0.2) is 24.0 Å². The maximum atomic E-state index is 11.6. The van der Waals surface area contributed by atoms with Crippen molar-refractivity contribution in [3.63, 3.8) is 0 Å². The van der Waals surface area contributed by atoms with Crippen molar-refractivity contribution in [1.29, 1.82) is 0 Å². The minimum absolute atomic E-state index is 0.00919. The zero-order chi connectivity index (χ0) is 14.2. The summed E-state index contributed by atoms with van der Waals surface area (Å²) in [5, 5.41) is 12.1. The molecule has 0 spiro atoms. The number of halogens is 2. The van der Waals surface area contributed by atoms with E-state index < -0.39 is 0 Å². The highest BCUT2D eigenvalue weighted by atomic mass is 79.9. The molecule has 1 fully saturated rings. The van der Waals surface area contributed by atoms with Crippen molar-refractivity contribution in [1.82, 2.24) is 5.32 Å². The summed E-state index contributed by atoms with van der Waals surface area (Å²) in [6.07, 6.45) is 0.583. The molecule has 1 aromatic rings. The number of methoxy groups -OCH3 is 1. The van der Waals surface area contributed by atoms with Gasteiger partial charge in [0.2, 0.25) is 11.8 Å². The van der Waals surface area contributed by atoms with Gasteiger partial charge in [-0.1, -0.05) is 0 Å². The van der Waals surface area contributed by atoms with Gasteiger partial charge in [0, 0.05) is 10.9 Å². The van der Waals surface area contributed by atoms with Crippen LogP contribution in [0.25, 0.3) is 0 Å². The lowest BCUT2D eigenvalue weighted by atomic mass is 9.97. The Kier molecular flexibility index (Phi) is 4.15. The van der Waals surface area contributed by atoms with E-state index in [1.165, 1.54) is 7.11 Å². The summed E-state index contributed by atoms with van der Waals surface area (Å²) in [6.45, 7) is 0. The van der Waals surface area contributed by atoms with Crippen molar-refractivity contribution in [3.8, 4) is 11.5 Å². The third-order valence-electron chi connectivity index (χ3n) is 2.97. The number of aromatic hydroxyl groups is 1. The maximum Gasteiger partial charge on any atom is 0.230 e. The van der Waals surface area contributed by atoms with Crippen LogP contribution in [0.5, 0.6) is 11.5 Å². The highest BCUT2D eigenvalue weighted by Gasteiger charge is 2.31. The third-order valence-corrected chi connectivity index (χ3v) is 5.18. The molecule has 5 nitrogen and oxygen atoms in total. The number of phenols is 1. The first-order valence-electron chi connectivity index (χ1n) is 5.51. The van der Waals surface area contributed by atoms with Crippen LogP contribution in [0.1, 0.15) is 12.0 Å². The molecule has 1 aliphatic heterocycles. The van der Waals surface area contributed by atoms with Crippen LogP contribution in [0.4, 0.5) is 0 Å². The molecule has 1 unspecified atom stereocenters. The summed E-state index contributed by atoms with van der Waals surface area (Å²) >= 11 is 6.61. The van der Waals surface area contributed by atoms with E-state index in [-0.39, 0.29) is 29.9 Å². The van der Waals surface area contributed by atoms with Gasteiger partial charge in [-0.05, 0) is 49.9 Å². The second kappa shape index (κ2) is 5.50. The zero-order valence-corrected chi connectivity index (χ0v) is 13.2. The summed E-state index contributed by atoms with van der Waals surface area (Å²) < 4.78 is 6.18. The molecule has 2 N–H and O–H groups in total. The number of carbonyl (C=O) groups excluding carboxylic acids is 2. The summed E-state index contributed by atoms with van der Waals surface area (Å²) in [4.78, 5) is 22.7. The van der Waals surface area contributed by atoms with E-state index >= 15 is 0 Å². The van der Waals surface area contributed by atoms with Crippen molar-refractivity contribution in [2.45, 2.75) is 12.8 Å². The normalized spacial score (nSPS) is 18.6. The fraction of sp³-hybridized carbons (Fsp3) is 0.333. The Morgan fingerprint density at radius 1 is 1.42 bits per heavy atom. The van der Waals surface area contributed by atoms with Gasteiger partial charge in [-0.3, -0.25) is 14.9 Å². The topological polar surface area (TPSA) is 75.6 Å². The van der Waals surface area contributed by atoms with Crippen LogP contribution in [-0.2, 0) is 16.0 Å². The SMILES string of the molecule is COc1cc(CC2CC(=O)NC2=O)c(Br)c(Br)c1O. The summed E-state index contributed by atoms with van der Waals surface area (Å²) in [7, 11) is 1.45. The molecular weight excluding hydrogens is 382 g/mol. The minimum Gasteiger partial charge on any atom is -0.503 e. The van der Waals surface area contributed by atoms with Gasteiger partial charge in [0.05, 0.1) is 17.5 Å². The average Bonchev–Trinajstić information content (AvgIpc) is 2.68. The highest BCUT2D eigenvalue weighted by Crippen LogP contribution is 2.42. The van der Waals surface area contributed by atoms with Crippen LogP contribution in [0.15, 0.2) is 15.0 Å². The lowest BCUT2D eigenvalue weighted by Gasteiger charge is -2.13. The Hall–Kier alpha value is -1.08. The van der Waals surface area contributed by atoms with Crippen molar-refractivity contribution in [3.05, 3.63) is 20.6 Å². The first-order valence-corrected chi connectivity index (χ1v) is 7.10. The quantitative estimate of drug-likeness (QED) is 0.772. The lowest BCUT2D eigenvalue weighted by Crippen LogP contribution is -2.23. The molecule has 1 aliphatic rings. The molecule has 0 saturated carbocycles. The molecule has 1 saturated heterocycles. The summed E-state index contributed by atoms with van der Waals surface area (Å²) in [6, 6.07) is 1.65. The lowest BCUT2D eigenvalue weighted by molar-refractivity contribution is -0.125. The van der Waals surface area contributed by atoms with Gasteiger partial charge < -0.3 is 9.84 Å². The smallest absolute Gasteiger partial charge is 0.230 e. The van der Waals surface area contributed by atoms with E-state index in [0.717, 1.165) is 5.56 Å². The van der Waals surface area contributed by atoms with Crippen molar-refractivity contribution < 1.29 is 19.4 Å². The van der Waals surface area contributed by atoms with Gasteiger partial charge >= 0.3 is 0 Å². The molecule has 1 atom stereocenters. The monoisotopic (exact) mass is 391 g/mol. The second-order valence-corrected chi connectivity index (χ2v) is 5.82. The fourth-order valence-electron chi connectivity index (χ4n) is 1.98. The van der Waals surface area contributed by atoms with Crippen molar-refractivity contribution >= 4 is 43.7 Å². The standard InChI is InChI=1S/C12H11Br2NO4/c1-19-7-3-5(9(13)10(14)11(7)17)2-6-4-8(16)15-12(6)18/h3,6,17H,2,4H2,1H3,(H,15,16,18). The number of hydrogen-bond donors (Lipinski definition) is 2. The first kappa shape index (κ1) is 14.3. The van der Waals surface area contributed by atoms with Crippen LogP contribution in [0.3, 0.4) is 0 Å². The van der Waals surface area contributed by atoms with Gasteiger partial charge in [-0.2, -0.15) is 0 Å². The van der Waals surface area contributed by atoms with E-state index in [1.54, 1.807) is 6.07 Å². The van der Waals surface area contributed by atoms with Gasteiger partial charge in [0.1, 0.15) is 0 Å². The van der Waals surface area contributed by atoms with Crippen molar-refractivity contribution in [2.75, 3.05) is 7.11 Å². The Morgan fingerprint density at radius 2 is 2.11 bits per heavy atom. The van der Waals surface area contributed by atoms with Gasteiger partial charge in [0.25, 0.3) is 0 Å². The predicted octanol–water partition coefficient (Wildman–Crippen LogP) is 2.13. The molecule has 0 radical (unpaired) electrons. The maximum absolute atomic E-state index is 11.6. The van der Waals surface area contributed by atoms with E-state index in [9.17, 15) is 14.7 Å². The fourth-order valence-corrected chi connectivity index (χ4v) is 2.90. The number of benzene rings is 1. The van der Waals surface area contributed by atoms with E-state index in [0.29, 0.717) is 21.1 Å². The molecule has 0 bridgehead atoms. The number of nitrogens with one attached hydrogen (secondary N) is 1. The molecule has 102 valence electrons. The number of rotatable bonds is 3. The van der Waals surface area contributed by atoms with Gasteiger partial charge in [-0.25, -0.2) is 0 Å². The molecule has 19 heavy (non-hydrogen) atoms. The first-order chi connectivity index (χ1) is 8.93. The van der Waals surface area contributed by atoms with Crippen LogP contribution in [0, 0.1) is 5.92 Å².